The number of benzene rings is 1. The highest BCUT2D eigenvalue weighted by Gasteiger charge is 2.27. The second-order valence-corrected chi connectivity index (χ2v) is 6.24. The van der Waals surface area contributed by atoms with Gasteiger partial charge in [-0.2, -0.15) is 0 Å². The third kappa shape index (κ3) is 6.28. The van der Waals surface area contributed by atoms with Crippen LogP contribution in [0.1, 0.15) is 39.3 Å². The maximum Gasteiger partial charge on any atom is 0.408 e. The number of methoxy groups -OCH3 is 1. The minimum Gasteiger partial charge on any atom is -0.467 e. The van der Waals surface area contributed by atoms with Gasteiger partial charge >= 0.3 is 12.1 Å². The first kappa shape index (κ1) is 19.5. The van der Waals surface area contributed by atoms with Crippen molar-refractivity contribution in [2.75, 3.05) is 7.11 Å². The predicted octanol–water partition coefficient (Wildman–Crippen LogP) is 1.93. The molecule has 2 atom stereocenters. The van der Waals surface area contributed by atoms with E-state index < -0.39 is 35.7 Å². The molecule has 0 fully saturated rings. The molecular weight excluding hydrogens is 312 g/mol. The maximum absolute atomic E-state index is 12.3. The van der Waals surface area contributed by atoms with Crippen molar-refractivity contribution in [2.24, 2.45) is 0 Å². The molecule has 7 nitrogen and oxygen atoms in total. The van der Waals surface area contributed by atoms with E-state index in [0.717, 1.165) is 0 Å². The number of alkyl carbamates (subject to hydrolysis) is 1. The molecule has 0 saturated carbocycles. The number of ether oxygens (including phenoxy) is 2. The van der Waals surface area contributed by atoms with E-state index >= 15 is 0 Å². The largest absolute Gasteiger partial charge is 0.467 e. The number of carbonyl (C=O) groups excluding carboxylic acids is 3. The van der Waals surface area contributed by atoms with Crippen LogP contribution < -0.4 is 10.6 Å². The Labute approximate surface area is 141 Å². The van der Waals surface area contributed by atoms with Crippen LogP contribution in [-0.2, 0) is 19.1 Å². The normalized spacial score (nSPS) is 13.4. The summed E-state index contributed by atoms with van der Waals surface area (Å²) in [5.74, 6) is -1.13. The van der Waals surface area contributed by atoms with E-state index in [1.807, 2.05) is 0 Å². The Morgan fingerprint density at radius 1 is 1.04 bits per heavy atom. The van der Waals surface area contributed by atoms with Crippen molar-refractivity contribution in [2.45, 2.75) is 45.4 Å². The first-order valence-electron chi connectivity index (χ1n) is 7.56. The minimum absolute atomic E-state index is 0.528. The quantitative estimate of drug-likeness (QED) is 0.801. The van der Waals surface area contributed by atoms with Gasteiger partial charge in [0.1, 0.15) is 11.6 Å². The molecule has 0 aromatic heterocycles. The molecule has 0 bridgehead atoms. The van der Waals surface area contributed by atoms with Crippen molar-refractivity contribution >= 4 is 18.0 Å². The molecule has 132 valence electrons. The summed E-state index contributed by atoms with van der Waals surface area (Å²) in [6.45, 7) is 6.67. The number of esters is 1. The van der Waals surface area contributed by atoms with E-state index in [4.69, 9.17) is 9.47 Å². The van der Waals surface area contributed by atoms with Gasteiger partial charge in [-0.1, -0.05) is 30.3 Å². The summed E-state index contributed by atoms with van der Waals surface area (Å²) < 4.78 is 9.82. The average Bonchev–Trinajstić information content (AvgIpc) is 2.50. The Morgan fingerprint density at radius 2 is 1.62 bits per heavy atom. The second kappa shape index (κ2) is 8.33. The number of rotatable bonds is 5. The van der Waals surface area contributed by atoms with Gasteiger partial charge < -0.3 is 20.1 Å². The fourth-order valence-electron chi connectivity index (χ4n) is 1.86. The third-order valence-corrected chi connectivity index (χ3v) is 2.98. The number of amides is 2. The van der Waals surface area contributed by atoms with E-state index in [2.05, 4.69) is 10.6 Å². The average molecular weight is 336 g/mol. The van der Waals surface area contributed by atoms with Gasteiger partial charge in [0, 0.05) is 0 Å². The predicted molar refractivity (Wildman–Crippen MR) is 88.2 cm³/mol. The van der Waals surface area contributed by atoms with Gasteiger partial charge in [0.05, 0.1) is 7.11 Å². The van der Waals surface area contributed by atoms with E-state index in [1.54, 1.807) is 51.1 Å². The van der Waals surface area contributed by atoms with Crippen molar-refractivity contribution in [1.82, 2.24) is 10.6 Å². The maximum atomic E-state index is 12.3. The fraction of sp³-hybridized carbons (Fsp3) is 0.471. The lowest BCUT2D eigenvalue weighted by molar-refractivity contribution is -0.145. The van der Waals surface area contributed by atoms with E-state index in [9.17, 15) is 14.4 Å². The molecule has 0 radical (unpaired) electrons. The molecule has 2 N–H and O–H groups in total. The zero-order valence-electron chi connectivity index (χ0n) is 14.6. The lowest BCUT2D eigenvalue weighted by Crippen LogP contribution is -2.48. The van der Waals surface area contributed by atoms with Crippen molar-refractivity contribution in [3.63, 3.8) is 0 Å². The Bertz CT molecular complexity index is 580. The van der Waals surface area contributed by atoms with Gasteiger partial charge in [0.2, 0.25) is 5.91 Å². The first-order chi connectivity index (χ1) is 11.1. The summed E-state index contributed by atoms with van der Waals surface area (Å²) in [4.78, 5) is 35.9. The third-order valence-electron chi connectivity index (χ3n) is 2.98. The number of hydrogen-bond donors (Lipinski definition) is 2. The first-order valence-corrected chi connectivity index (χ1v) is 7.56. The van der Waals surface area contributed by atoms with Crippen LogP contribution in [0.25, 0.3) is 0 Å². The Morgan fingerprint density at radius 3 is 2.12 bits per heavy atom. The molecule has 7 heteroatoms. The lowest BCUT2D eigenvalue weighted by Gasteiger charge is -2.23. The van der Waals surface area contributed by atoms with Crippen LogP contribution in [0, 0.1) is 0 Å². The highest BCUT2D eigenvalue weighted by molar-refractivity contribution is 5.89. The summed E-state index contributed by atoms with van der Waals surface area (Å²) in [6, 6.07) is 6.87. The molecule has 0 heterocycles. The molecule has 0 aliphatic rings. The zero-order chi connectivity index (χ0) is 18.3. The molecule has 1 aromatic rings. The van der Waals surface area contributed by atoms with Gasteiger partial charge in [-0.05, 0) is 33.3 Å². The Kier molecular flexibility index (Phi) is 6.76. The van der Waals surface area contributed by atoms with E-state index in [-0.39, 0.29) is 0 Å². The monoisotopic (exact) mass is 336 g/mol. The molecule has 1 aromatic carbocycles. The number of hydrogen-bond acceptors (Lipinski definition) is 5. The van der Waals surface area contributed by atoms with Gasteiger partial charge in [-0.3, -0.25) is 4.79 Å². The molecule has 1 rings (SSSR count). The summed E-state index contributed by atoms with van der Waals surface area (Å²) in [7, 11) is 1.24. The topological polar surface area (TPSA) is 93.7 Å². The molecule has 0 aliphatic heterocycles. The summed E-state index contributed by atoms with van der Waals surface area (Å²) in [5.41, 5.74) is -0.0824. The van der Waals surface area contributed by atoms with Crippen LogP contribution in [0.4, 0.5) is 4.79 Å². The smallest absolute Gasteiger partial charge is 0.408 e. The van der Waals surface area contributed by atoms with Gasteiger partial charge in [0.15, 0.2) is 6.04 Å². The number of carbonyl (C=O) groups is 3. The summed E-state index contributed by atoms with van der Waals surface area (Å²) in [5, 5.41) is 4.99. The standard InChI is InChI=1S/C17H24N2O5/c1-11(18-16(22)24-17(2,3)4)14(20)19-13(15(21)23-5)12-9-7-6-8-10-12/h6-11,13H,1-5H3,(H,18,22)(H,19,20)/t11-,13+/m0/s1. The molecule has 0 unspecified atom stereocenters. The molecule has 0 aliphatic carbocycles. The molecular formula is C17H24N2O5. The molecule has 0 spiro atoms. The zero-order valence-corrected chi connectivity index (χ0v) is 14.6. The fourth-order valence-corrected chi connectivity index (χ4v) is 1.86. The van der Waals surface area contributed by atoms with Crippen LogP contribution in [0.5, 0.6) is 0 Å². The SMILES string of the molecule is COC(=O)[C@H](NC(=O)[C@H](C)NC(=O)OC(C)(C)C)c1ccccc1. The van der Waals surface area contributed by atoms with Crippen LogP contribution in [0.2, 0.25) is 0 Å². The van der Waals surface area contributed by atoms with E-state index in [1.165, 1.54) is 14.0 Å². The Balaban J connectivity index is 2.74. The van der Waals surface area contributed by atoms with Crippen LogP contribution >= 0.6 is 0 Å². The van der Waals surface area contributed by atoms with E-state index in [0.29, 0.717) is 5.56 Å². The Hall–Kier alpha value is -2.57. The summed E-state index contributed by atoms with van der Waals surface area (Å²) in [6.07, 6.45) is -0.709. The number of nitrogens with one attached hydrogen (secondary N) is 2. The second-order valence-electron chi connectivity index (χ2n) is 6.24. The van der Waals surface area contributed by atoms with Gasteiger partial charge in [0.25, 0.3) is 0 Å². The van der Waals surface area contributed by atoms with Crippen molar-refractivity contribution in [1.29, 1.82) is 0 Å². The minimum atomic E-state index is -0.952. The van der Waals surface area contributed by atoms with Crippen molar-refractivity contribution < 1.29 is 23.9 Å². The van der Waals surface area contributed by atoms with Gasteiger partial charge in [-0.15, -0.1) is 0 Å². The molecule has 24 heavy (non-hydrogen) atoms. The molecule has 2 amide bonds. The lowest BCUT2D eigenvalue weighted by atomic mass is 10.1. The van der Waals surface area contributed by atoms with Crippen LogP contribution in [-0.4, -0.2) is 36.7 Å². The highest BCUT2D eigenvalue weighted by atomic mass is 16.6. The summed E-state index contributed by atoms with van der Waals surface area (Å²) >= 11 is 0. The van der Waals surface area contributed by atoms with Crippen LogP contribution in [0.3, 0.4) is 0 Å². The highest BCUT2D eigenvalue weighted by Crippen LogP contribution is 2.14. The van der Waals surface area contributed by atoms with Crippen molar-refractivity contribution in [3.05, 3.63) is 35.9 Å². The van der Waals surface area contributed by atoms with Crippen LogP contribution in [0.15, 0.2) is 30.3 Å². The molecule has 0 saturated heterocycles. The van der Waals surface area contributed by atoms with Gasteiger partial charge in [-0.25, -0.2) is 9.59 Å². The van der Waals surface area contributed by atoms with Crippen molar-refractivity contribution in [3.8, 4) is 0 Å².